The molecule has 0 fully saturated rings. The third kappa shape index (κ3) is 3.80. The van der Waals surface area contributed by atoms with Crippen LogP contribution in [0.3, 0.4) is 0 Å². The van der Waals surface area contributed by atoms with Crippen LogP contribution < -0.4 is 4.74 Å². The Morgan fingerprint density at radius 2 is 2.04 bits per heavy atom. The predicted octanol–water partition coefficient (Wildman–Crippen LogP) is 4.47. The molecule has 9 heteroatoms. The molecule has 1 aromatic carbocycles. The molecular formula is C19H15N3O4S2. The van der Waals surface area contributed by atoms with Crippen LogP contribution in [-0.4, -0.2) is 28.2 Å². The lowest BCUT2D eigenvalue weighted by Gasteiger charge is -2.20. The summed E-state index contributed by atoms with van der Waals surface area (Å²) in [5.74, 6) is -0.0201. The van der Waals surface area contributed by atoms with Crippen LogP contribution in [0, 0.1) is 10.1 Å². The second-order valence-corrected chi connectivity index (χ2v) is 7.97. The molecule has 1 amide bonds. The number of thiophene rings is 2. The minimum atomic E-state index is -0.500. The number of hydrogen-bond acceptors (Lipinski definition) is 7. The van der Waals surface area contributed by atoms with Crippen molar-refractivity contribution in [3.8, 4) is 5.75 Å². The second-order valence-electron chi connectivity index (χ2n) is 6.04. The zero-order valence-corrected chi connectivity index (χ0v) is 16.2. The first-order valence-corrected chi connectivity index (χ1v) is 10.2. The van der Waals surface area contributed by atoms with Gasteiger partial charge in [0, 0.05) is 17.4 Å². The summed E-state index contributed by atoms with van der Waals surface area (Å²) in [6, 6.07) is 13.5. The largest absolute Gasteiger partial charge is 0.483 e. The number of hydrogen-bond donors (Lipinski definition) is 0. The number of benzene rings is 1. The molecule has 3 heterocycles. The average Bonchev–Trinajstić information content (AvgIpc) is 3.46. The van der Waals surface area contributed by atoms with Crippen LogP contribution in [0.2, 0.25) is 0 Å². The van der Waals surface area contributed by atoms with Gasteiger partial charge in [0.1, 0.15) is 5.75 Å². The lowest BCUT2D eigenvalue weighted by atomic mass is 10.1. The number of carbonyl (C=O) groups excluding carboxylic acids is 1. The number of carbonyl (C=O) groups is 1. The van der Waals surface area contributed by atoms with E-state index in [0.29, 0.717) is 6.42 Å². The first-order valence-electron chi connectivity index (χ1n) is 8.46. The van der Waals surface area contributed by atoms with Crippen molar-refractivity contribution in [2.75, 3.05) is 6.61 Å². The standard InChI is InChI=1S/C19H15N3O4S2/c23-19(12-26-14-5-1-4-13(10-14)22(24)25)21-16(18-7-3-9-28-18)11-15(20-21)17-6-2-8-27-17/h1-10,16H,11-12H2. The molecule has 142 valence electrons. The van der Waals surface area contributed by atoms with Crippen molar-refractivity contribution in [3.05, 3.63) is 79.2 Å². The van der Waals surface area contributed by atoms with Gasteiger partial charge < -0.3 is 4.74 Å². The van der Waals surface area contributed by atoms with Gasteiger partial charge in [-0.2, -0.15) is 5.10 Å². The van der Waals surface area contributed by atoms with Crippen molar-refractivity contribution in [3.63, 3.8) is 0 Å². The van der Waals surface area contributed by atoms with Gasteiger partial charge in [-0.05, 0) is 29.0 Å². The van der Waals surface area contributed by atoms with Crippen molar-refractivity contribution in [2.45, 2.75) is 12.5 Å². The van der Waals surface area contributed by atoms with E-state index in [2.05, 4.69) is 5.10 Å². The molecule has 0 spiro atoms. The Hall–Kier alpha value is -3.04. The van der Waals surface area contributed by atoms with Gasteiger partial charge in [0.15, 0.2) is 6.61 Å². The summed E-state index contributed by atoms with van der Waals surface area (Å²) in [6.45, 7) is -0.246. The molecule has 7 nitrogen and oxygen atoms in total. The molecule has 0 radical (unpaired) electrons. The van der Waals surface area contributed by atoms with Crippen molar-refractivity contribution in [2.24, 2.45) is 5.10 Å². The maximum atomic E-state index is 12.8. The van der Waals surface area contributed by atoms with Crippen LogP contribution in [-0.2, 0) is 4.79 Å². The van der Waals surface area contributed by atoms with Crippen molar-refractivity contribution < 1.29 is 14.5 Å². The average molecular weight is 413 g/mol. The van der Waals surface area contributed by atoms with Crippen LogP contribution >= 0.6 is 22.7 Å². The van der Waals surface area contributed by atoms with Crippen molar-refractivity contribution >= 4 is 40.0 Å². The van der Waals surface area contributed by atoms with Gasteiger partial charge >= 0.3 is 0 Å². The predicted molar refractivity (Wildman–Crippen MR) is 108 cm³/mol. The van der Waals surface area contributed by atoms with E-state index in [-0.39, 0.29) is 30.0 Å². The van der Waals surface area contributed by atoms with Crippen LogP contribution in [0.5, 0.6) is 5.75 Å². The van der Waals surface area contributed by atoms with E-state index in [0.717, 1.165) is 15.5 Å². The quantitative estimate of drug-likeness (QED) is 0.441. The van der Waals surface area contributed by atoms with Gasteiger partial charge in [-0.1, -0.05) is 18.2 Å². The molecule has 1 aliphatic heterocycles. The summed E-state index contributed by atoms with van der Waals surface area (Å²) in [4.78, 5) is 25.3. The SMILES string of the molecule is O=C(COc1cccc([N+](=O)[O-])c1)N1N=C(c2cccs2)CC1c1cccs1. The maximum Gasteiger partial charge on any atom is 0.281 e. The van der Waals surface area contributed by atoms with E-state index in [9.17, 15) is 14.9 Å². The van der Waals surface area contributed by atoms with Gasteiger partial charge in [-0.15, -0.1) is 22.7 Å². The van der Waals surface area contributed by atoms with E-state index in [1.165, 1.54) is 23.2 Å². The van der Waals surface area contributed by atoms with E-state index in [1.807, 2.05) is 35.0 Å². The minimum Gasteiger partial charge on any atom is -0.483 e. The topological polar surface area (TPSA) is 85.0 Å². The Kier molecular flexibility index (Phi) is 5.18. The molecule has 0 saturated carbocycles. The third-order valence-corrected chi connectivity index (χ3v) is 6.13. The monoisotopic (exact) mass is 413 g/mol. The summed E-state index contributed by atoms with van der Waals surface area (Å²) >= 11 is 3.17. The molecule has 0 aliphatic carbocycles. The lowest BCUT2D eigenvalue weighted by molar-refractivity contribution is -0.384. The van der Waals surface area contributed by atoms with Gasteiger partial charge in [0.05, 0.1) is 27.6 Å². The van der Waals surface area contributed by atoms with Gasteiger partial charge in [0.25, 0.3) is 11.6 Å². The normalized spacial score (nSPS) is 16.1. The van der Waals surface area contributed by atoms with Crippen LogP contribution in [0.1, 0.15) is 22.2 Å². The molecule has 28 heavy (non-hydrogen) atoms. The maximum absolute atomic E-state index is 12.8. The number of hydrazone groups is 1. The fourth-order valence-corrected chi connectivity index (χ4v) is 4.47. The molecule has 0 bridgehead atoms. The van der Waals surface area contributed by atoms with Gasteiger partial charge in [0.2, 0.25) is 0 Å². The highest BCUT2D eigenvalue weighted by atomic mass is 32.1. The molecular weight excluding hydrogens is 398 g/mol. The number of amides is 1. The highest BCUT2D eigenvalue weighted by molar-refractivity contribution is 7.12. The molecule has 1 atom stereocenters. The summed E-state index contributed by atoms with van der Waals surface area (Å²) < 4.78 is 5.50. The number of rotatable bonds is 6. The van der Waals surface area contributed by atoms with Crippen molar-refractivity contribution in [1.82, 2.24) is 5.01 Å². The first kappa shape index (κ1) is 18.3. The molecule has 0 N–H and O–H groups in total. The Morgan fingerprint density at radius 1 is 1.21 bits per heavy atom. The van der Waals surface area contributed by atoms with E-state index >= 15 is 0 Å². The summed E-state index contributed by atoms with van der Waals surface area (Å²) in [5.41, 5.74) is 0.790. The first-order chi connectivity index (χ1) is 13.6. The summed E-state index contributed by atoms with van der Waals surface area (Å²) in [6.07, 6.45) is 0.642. The number of nitro groups is 1. The highest BCUT2D eigenvalue weighted by Crippen LogP contribution is 2.36. The Bertz CT molecular complexity index is 1020. The minimum absolute atomic E-state index is 0.0828. The molecule has 1 aliphatic rings. The summed E-state index contributed by atoms with van der Waals surface area (Å²) in [5, 5.41) is 20.9. The Balaban J connectivity index is 1.52. The highest BCUT2D eigenvalue weighted by Gasteiger charge is 2.34. The summed E-state index contributed by atoms with van der Waals surface area (Å²) in [7, 11) is 0. The Morgan fingerprint density at radius 3 is 2.75 bits per heavy atom. The fourth-order valence-electron chi connectivity index (χ4n) is 2.93. The van der Waals surface area contributed by atoms with Crippen LogP contribution in [0.25, 0.3) is 0 Å². The van der Waals surface area contributed by atoms with Crippen LogP contribution in [0.15, 0.2) is 64.4 Å². The molecule has 2 aromatic heterocycles. The van der Waals surface area contributed by atoms with Crippen LogP contribution in [0.4, 0.5) is 5.69 Å². The second kappa shape index (κ2) is 7.91. The molecule has 3 aromatic rings. The number of nitrogens with zero attached hydrogens (tertiary/aromatic N) is 3. The number of non-ortho nitro benzene ring substituents is 1. The van der Waals surface area contributed by atoms with Gasteiger partial charge in [-0.3, -0.25) is 14.9 Å². The molecule has 1 unspecified atom stereocenters. The molecule has 4 rings (SSSR count). The number of ether oxygens (including phenoxy) is 1. The van der Waals surface area contributed by atoms with Gasteiger partial charge in [-0.25, -0.2) is 5.01 Å². The fraction of sp³-hybridized carbons (Fsp3) is 0.158. The van der Waals surface area contributed by atoms with E-state index in [4.69, 9.17) is 4.74 Å². The zero-order chi connectivity index (χ0) is 19.5. The van der Waals surface area contributed by atoms with E-state index < -0.39 is 4.92 Å². The Labute approximate surface area is 168 Å². The number of nitro benzene ring substituents is 1. The smallest absolute Gasteiger partial charge is 0.281 e. The lowest BCUT2D eigenvalue weighted by Crippen LogP contribution is -2.31. The molecule has 0 saturated heterocycles. The third-order valence-electron chi connectivity index (χ3n) is 4.23. The van der Waals surface area contributed by atoms with Crippen molar-refractivity contribution in [1.29, 1.82) is 0 Å². The zero-order valence-electron chi connectivity index (χ0n) is 14.6. The van der Waals surface area contributed by atoms with E-state index in [1.54, 1.807) is 28.7 Å².